The minimum absolute atomic E-state index is 0.261. The number of pyridine rings is 1. The standard InChI is InChI=1S/C24H19FN4O2/c1-14-8-15(13-30)2-3-16(14)18-9-26-24(21-12-29-28-11-19(18)21)27-10-20-17-6-7-31-23(17)5-4-22(20)25/h2-5,8-9,11-13H,6-7,10H2,1H3,(H,26,27). The Hall–Kier alpha value is -3.87. The molecule has 0 spiro atoms. The summed E-state index contributed by atoms with van der Waals surface area (Å²) >= 11 is 0. The first kappa shape index (κ1) is 19.1. The van der Waals surface area contributed by atoms with Crippen molar-refractivity contribution in [3.05, 3.63) is 77.0 Å². The van der Waals surface area contributed by atoms with Crippen molar-refractivity contribution < 1.29 is 13.9 Å². The minimum Gasteiger partial charge on any atom is -0.493 e. The average Bonchev–Trinajstić information content (AvgIpc) is 3.27. The molecular formula is C24H19FN4O2. The fourth-order valence-corrected chi connectivity index (χ4v) is 4.09. The summed E-state index contributed by atoms with van der Waals surface area (Å²) in [6.45, 7) is 2.81. The van der Waals surface area contributed by atoms with Gasteiger partial charge in [-0.05, 0) is 36.2 Å². The van der Waals surface area contributed by atoms with Crippen LogP contribution in [0.15, 0.2) is 48.9 Å². The molecule has 1 N–H and O–H groups in total. The number of aldehydes is 1. The van der Waals surface area contributed by atoms with E-state index in [1.165, 1.54) is 6.07 Å². The summed E-state index contributed by atoms with van der Waals surface area (Å²) in [5.74, 6) is 1.08. The van der Waals surface area contributed by atoms with Crippen LogP contribution in [0.1, 0.15) is 27.0 Å². The lowest BCUT2D eigenvalue weighted by molar-refractivity contribution is 0.112. The Morgan fingerprint density at radius 3 is 2.74 bits per heavy atom. The third kappa shape index (κ3) is 3.38. The zero-order chi connectivity index (χ0) is 21.4. The number of fused-ring (bicyclic) bond motifs is 2. The van der Waals surface area contributed by atoms with E-state index in [1.54, 1.807) is 30.7 Å². The van der Waals surface area contributed by atoms with Gasteiger partial charge in [0.2, 0.25) is 0 Å². The summed E-state index contributed by atoms with van der Waals surface area (Å²) in [5, 5.41) is 13.0. The molecule has 0 radical (unpaired) electrons. The van der Waals surface area contributed by atoms with Crippen LogP contribution in [-0.2, 0) is 13.0 Å². The number of carbonyl (C=O) groups is 1. The number of anilines is 1. The number of halogens is 1. The van der Waals surface area contributed by atoms with Crippen molar-refractivity contribution in [1.29, 1.82) is 0 Å². The topological polar surface area (TPSA) is 77.0 Å². The lowest BCUT2D eigenvalue weighted by Gasteiger charge is -2.14. The van der Waals surface area contributed by atoms with E-state index in [-0.39, 0.29) is 12.4 Å². The van der Waals surface area contributed by atoms with Gasteiger partial charge in [-0.1, -0.05) is 12.1 Å². The second kappa shape index (κ2) is 7.75. The van der Waals surface area contributed by atoms with Crippen LogP contribution in [0.2, 0.25) is 0 Å². The van der Waals surface area contributed by atoms with Gasteiger partial charge in [-0.3, -0.25) is 4.79 Å². The maximum absolute atomic E-state index is 14.5. The fraction of sp³-hybridized carbons (Fsp3) is 0.167. The van der Waals surface area contributed by atoms with Gasteiger partial charge in [-0.2, -0.15) is 10.2 Å². The molecule has 0 amide bonds. The number of ether oxygens (including phenoxy) is 1. The monoisotopic (exact) mass is 414 g/mol. The van der Waals surface area contributed by atoms with Gasteiger partial charge >= 0.3 is 0 Å². The number of aryl methyl sites for hydroxylation is 1. The molecule has 7 heteroatoms. The van der Waals surface area contributed by atoms with Crippen LogP contribution in [0.4, 0.5) is 10.2 Å². The number of carbonyl (C=O) groups excluding carboxylic acids is 1. The number of hydrogen-bond donors (Lipinski definition) is 1. The summed E-state index contributed by atoms with van der Waals surface area (Å²) in [7, 11) is 0. The largest absolute Gasteiger partial charge is 0.493 e. The van der Waals surface area contributed by atoms with Crippen LogP contribution in [-0.4, -0.2) is 28.1 Å². The van der Waals surface area contributed by atoms with Gasteiger partial charge < -0.3 is 10.1 Å². The highest BCUT2D eigenvalue weighted by Crippen LogP contribution is 2.34. The van der Waals surface area contributed by atoms with Crippen LogP contribution >= 0.6 is 0 Å². The number of rotatable bonds is 5. The van der Waals surface area contributed by atoms with Crippen LogP contribution in [0.3, 0.4) is 0 Å². The van der Waals surface area contributed by atoms with E-state index in [9.17, 15) is 9.18 Å². The predicted octanol–water partition coefficient (Wildman–Crippen LogP) is 4.50. The van der Waals surface area contributed by atoms with Gasteiger partial charge in [-0.15, -0.1) is 0 Å². The van der Waals surface area contributed by atoms with Gasteiger partial charge in [0.25, 0.3) is 0 Å². The van der Waals surface area contributed by atoms with E-state index in [0.717, 1.165) is 45.1 Å². The molecule has 6 nitrogen and oxygen atoms in total. The normalized spacial score (nSPS) is 12.5. The second-order valence-electron chi connectivity index (χ2n) is 7.48. The van der Waals surface area contributed by atoms with Crippen LogP contribution < -0.4 is 10.1 Å². The van der Waals surface area contributed by atoms with E-state index in [1.807, 2.05) is 19.1 Å². The maximum atomic E-state index is 14.5. The highest BCUT2D eigenvalue weighted by atomic mass is 19.1. The summed E-state index contributed by atoms with van der Waals surface area (Å²) in [6.07, 6.45) is 6.64. The number of benzene rings is 2. The van der Waals surface area contributed by atoms with Crippen molar-refractivity contribution in [3.63, 3.8) is 0 Å². The molecule has 1 aliphatic rings. The van der Waals surface area contributed by atoms with E-state index in [0.29, 0.717) is 30.0 Å². The van der Waals surface area contributed by atoms with Crippen molar-refractivity contribution in [3.8, 4) is 16.9 Å². The maximum Gasteiger partial charge on any atom is 0.150 e. The number of nitrogens with zero attached hydrogens (tertiary/aromatic N) is 3. The molecule has 3 heterocycles. The first-order valence-electron chi connectivity index (χ1n) is 9.98. The van der Waals surface area contributed by atoms with E-state index in [4.69, 9.17) is 4.74 Å². The van der Waals surface area contributed by atoms with Gasteiger partial charge in [0.15, 0.2) is 0 Å². The lowest BCUT2D eigenvalue weighted by Crippen LogP contribution is -2.07. The molecule has 5 rings (SSSR count). The quantitative estimate of drug-likeness (QED) is 0.485. The van der Waals surface area contributed by atoms with Crippen molar-refractivity contribution in [2.75, 3.05) is 11.9 Å². The van der Waals surface area contributed by atoms with Gasteiger partial charge in [-0.25, -0.2) is 9.37 Å². The summed E-state index contributed by atoms with van der Waals surface area (Å²) in [4.78, 5) is 15.7. The molecule has 154 valence electrons. The van der Waals surface area contributed by atoms with Crippen LogP contribution in [0.25, 0.3) is 21.9 Å². The Labute approximate surface area is 178 Å². The lowest BCUT2D eigenvalue weighted by atomic mass is 9.97. The van der Waals surface area contributed by atoms with Gasteiger partial charge in [0.05, 0.1) is 19.0 Å². The molecule has 0 saturated heterocycles. The fourth-order valence-electron chi connectivity index (χ4n) is 4.09. The van der Waals surface area contributed by atoms with Crippen LogP contribution in [0, 0.1) is 12.7 Å². The molecule has 0 bridgehead atoms. The number of aromatic nitrogens is 3. The van der Waals surface area contributed by atoms with Crippen molar-refractivity contribution in [1.82, 2.24) is 15.2 Å². The average molecular weight is 414 g/mol. The predicted molar refractivity (Wildman–Crippen MR) is 116 cm³/mol. The Morgan fingerprint density at radius 1 is 1.10 bits per heavy atom. The first-order chi connectivity index (χ1) is 15.2. The van der Waals surface area contributed by atoms with E-state index in [2.05, 4.69) is 20.5 Å². The van der Waals surface area contributed by atoms with Gasteiger partial charge in [0, 0.05) is 52.2 Å². The SMILES string of the molecule is Cc1cc(C=O)ccc1-c1cnc(NCc2c(F)ccc3c2CCO3)c2cnncc12. The molecule has 1 aliphatic heterocycles. The zero-order valence-corrected chi connectivity index (χ0v) is 16.9. The number of hydrogen-bond acceptors (Lipinski definition) is 6. The van der Waals surface area contributed by atoms with Crippen molar-refractivity contribution >= 4 is 22.9 Å². The summed E-state index contributed by atoms with van der Waals surface area (Å²) in [6, 6.07) is 8.65. The smallest absolute Gasteiger partial charge is 0.150 e. The third-order valence-corrected chi connectivity index (χ3v) is 5.65. The van der Waals surface area contributed by atoms with Gasteiger partial charge in [0.1, 0.15) is 23.7 Å². The molecule has 0 unspecified atom stereocenters. The molecule has 0 atom stereocenters. The zero-order valence-electron chi connectivity index (χ0n) is 16.9. The Morgan fingerprint density at radius 2 is 1.94 bits per heavy atom. The molecule has 2 aromatic heterocycles. The molecule has 31 heavy (non-hydrogen) atoms. The molecular weight excluding hydrogens is 395 g/mol. The van der Waals surface area contributed by atoms with Crippen LogP contribution in [0.5, 0.6) is 5.75 Å². The second-order valence-corrected chi connectivity index (χ2v) is 7.48. The summed E-state index contributed by atoms with van der Waals surface area (Å²) in [5.41, 5.74) is 4.94. The van der Waals surface area contributed by atoms with Crippen molar-refractivity contribution in [2.24, 2.45) is 0 Å². The Kier molecular flexibility index (Phi) is 4.78. The first-order valence-corrected chi connectivity index (χ1v) is 9.98. The highest BCUT2D eigenvalue weighted by Gasteiger charge is 2.20. The van der Waals surface area contributed by atoms with E-state index >= 15 is 0 Å². The molecule has 0 fully saturated rings. The minimum atomic E-state index is -0.261. The number of nitrogens with one attached hydrogen (secondary N) is 1. The Balaban J connectivity index is 1.53. The molecule has 0 saturated carbocycles. The van der Waals surface area contributed by atoms with Crippen molar-refractivity contribution in [2.45, 2.75) is 19.9 Å². The highest BCUT2D eigenvalue weighted by molar-refractivity contribution is 6.01. The molecule has 2 aromatic carbocycles. The Bertz CT molecular complexity index is 1320. The summed E-state index contributed by atoms with van der Waals surface area (Å²) < 4.78 is 20.0. The molecule has 0 aliphatic carbocycles. The molecule has 4 aromatic rings. The van der Waals surface area contributed by atoms with E-state index < -0.39 is 0 Å². The third-order valence-electron chi connectivity index (χ3n) is 5.65.